The predicted octanol–water partition coefficient (Wildman–Crippen LogP) is 1.78. The van der Waals surface area contributed by atoms with Gasteiger partial charge < -0.3 is 0 Å². The summed E-state index contributed by atoms with van der Waals surface area (Å²) in [4.78, 5) is -0.690. The van der Waals surface area contributed by atoms with Gasteiger partial charge in [-0.3, -0.25) is 0 Å². The minimum absolute atomic E-state index is 0.203. The molecular weight excluding hydrogens is 291 g/mol. The molecule has 0 unspecified atom stereocenters. The van der Waals surface area contributed by atoms with E-state index in [9.17, 15) is 21.2 Å². The van der Waals surface area contributed by atoms with Crippen molar-refractivity contribution in [1.82, 2.24) is 0 Å². The molecule has 0 N–H and O–H groups in total. The van der Waals surface area contributed by atoms with Crippen LogP contribution in [0.4, 0.5) is 4.39 Å². The summed E-state index contributed by atoms with van der Waals surface area (Å²) in [6, 6.07) is 3.88. The smallest absolute Gasteiger partial charge is 0.207 e. The molecule has 1 aliphatic heterocycles. The van der Waals surface area contributed by atoms with Crippen LogP contribution in [-0.4, -0.2) is 27.8 Å². The number of fused-ring (bicyclic) bond motifs is 1. The van der Waals surface area contributed by atoms with E-state index in [-0.39, 0.29) is 10.5 Å². The van der Waals surface area contributed by atoms with E-state index in [0.29, 0.717) is 0 Å². The largest absolute Gasteiger partial charge is 0.228 e. The first-order valence-electron chi connectivity index (χ1n) is 5.62. The van der Waals surface area contributed by atoms with Crippen LogP contribution in [0.15, 0.2) is 28.0 Å². The normalized spacial score (nSPS) is 17.4. The summed E-state index contributed by atoms with van der Waals surface area (Å²) in [5.41, 5.74) is 0.203. The molecule has 19 heavy (non-hydrogen) atoms. The highest BCUT2D eigenvalue weighted by Gasteiger charge is 2.35. The summed E-state index contributed by atoms with van der Waals surface area (Å²) in [6.45, 7) is 2.95. The van der Waals surface area contributed by atoms with Gasteiger partial charge in [-0.2, -0.15) is 0 Å². The molecule has 1 aliphatic rings. The van der Waals surface area contributed by atoms with Crippen molar-refractivity contribution < 1.29 is 21.2 Å². The molecule has 0 radical (unpaired) electrons. The Morgan fingerprint density at radius 3 is 2.42 bits per heavy atom. The summed E-state index contributed by atoms with van der Waals surface area (Å²) >= 11 is 0. The third-order valence-corrected chi connectivity index (χ3v) is 7.24. The molecular formula is C12H13FO4S2. The highest BCUT2D eigenvalue weighted by Crippen LogP contribution is 2.35. The maximum atomic E-state index is 13.6. The van der Waals surface area contributed by atoms with Crippen LogP contribution in [0.5, 0.6) is 0 Å². The third kappa shape index (κ3) is 2.32. The first-order valence-corrected chi connectivity index (χ1v) is 8.82. The summed E-state index contributed by atoms with van der Waals surface area (Å²) in [5.74, 6) is -1.45. The van der Waals surface area contributed by atoms with E-state index < -0.39 is 41.4 Å². The van der Waals surface area contributed by atoms with Gasteiger partial charge in [-0.1, -0.05) is 12.1 Å². The molecule has 0 amide bonds. The van der Waals surface area contributed by atoms with Crippen molar-refractivity contribution in [1.29, 1.82) is 0 Å². The Morgan fingerprint density at radius 2 is 1.89 bits per heavy atom. The SMILES string of the molecule is CC(C)S(=O)(=O)CC1=Cc2cccc(F)c2S1(=O)=O. The molecule has 1 aromatic carbocycles. The molecule has 2 rings (SSSR count). The second-order valence-corrected chi connectivity index (χ2v) is 9.12. The van der Waals surface area contributed by atoms with Gasteiger partial charge in [0.1, 0.15) is 10.7 Å². The van der Waals surface area contributed by atoms with Crippen molar-refractivity contribution in [3.8, 4) is 0 Å². The predicted molar refractivity (Wildman–Crippen MR) is 70.5 cm³/mol. The van der Waals surface area contributed by atoms with Gasteiger partial charge in [0, 0.05) is 0 Å². The maximum Gasteiger partial charge on any atom is 0.207 e. The monoisotopic (exact) mass is 304 g/mol. The van der Waals surface area contributed by atoms with E-state index in [0.717, 1.165) is 6.07 Å². The van der Waals surface area contributed by atoms with Gasteiger partial charge in [-0.15, -0.1) is 0 Å². The van der Waals surface area contributed by atoms with Gasteiger partial charge in [-0.05, 0) is 31.6 Å². The Labute approximate surface area is 111 Å². The number of hydrogen-bond acceptors (Lipinski definition) is 4. The van der Waals surface area contributed by atoms with Crippen LogP contribution in [0.25, 0.3) is 6.08 Å². The molecule has 104 valence electrons. The highest BCUT2D eigenvalue weighted by molar-refractivity contribution is 7.98. The fraction of sp³-hybridized carbons (Fsp3) is 0.333. The Kier molecular flexibility index (Phi) is 3.30. The minimum Gasteiger partial charge on any atom is -0.228 e. The van der Waals surface area contributed by atoms with Gasteiger partial charge >= 0.3 is 0 Å². The molecule has 0 aromatic heterocycles. The topological polar surface area (TPSA) is 68.3 Å². The number of sulfone groups is 2. The van der Waals surface area contributed by atoms with Crippen LogP contribution >= 0.6 is 0 Å². The molecule has 0 atom stereocenters. The zero-order chi connectivity index (χ0) is 14.4. The summed E-state index contributed by atoms with van der Waals surface area (Å²) < 4.78 is 61.5. The van der Waals surface area contributed by atoms with Crippen molar-refractivity contribution >= 4 is 25.8 Å². The highest BCUT2D eigenvalue weighted by atomic mass is 32.2. The molecule has 0 spiro atoms. The lowest BCUT2D eigenvalue weighted by atomic mass is 10.2. The van der Waals surface area contributed by atoms with Crippen molar-refractivity contribution in [3.05, 3.63) is 34.5 Å². The first kappa shape index (κ1) is 14.2. The van der Waals surface area contributed by atoms with Crippen molar-refractivity contribution in [2.24, 2.45) is 0 Å². The Balaban J connectivity index is 2.52. The van der Waals surface area contributed by atoms with Crippen LogP contribution in [-0.2, 0) is 19.7 Å². The molecule has 0 bridgehead atoms. The van der Waals surface area contributed by atoms with E-state index in [1.807, 2.05) is 0 Å². The third-order valence-electron chi connectivity index (χ3n) is 2.99. The first-order chi connectivity index (χ1) is 8.66. The van der Waals surface area contributed by atoms with E-state index in [2.05, 4.69) is 0 Å². The Hall–Kier alpha value is -1.21. The molecule has 0 saturated carbocycles. The van der Waals surface area contributed by atoms with Crippen LogP contribution in [0.3, 0.4) is 0 Å². The van der Waals surface area contributed by atoms with Crippen LogP contribution < -0.4 is 0 Å². The minimum atomic E-state index is -4.04. The number of rotatable bonds is 3. The number of halogens is 1. The lowest BCUT2D eigenvalue weighted by molar-refractivity contribution is 0.570. The average molecular weight is 304 g/mol. The van der Waals surface area contributed by atoms with Gasteiger partial charge in [0.05, 0.1) is 15.9 Å². The Morgan fingerprint density at radius 1 is 1.26 bits per heavy atom. The van der Waals surface area contributed by atoms with Crippen LogP contribution in [0.1, 0.15) is 19.4 Å². The Bertz CT molecular complexity index is 759. The van der Waals surface area contributed by atoms with Crippen molar-refractivity contribution in [2.75, 3.05) is 5.75 Å². The molecule has 0 aliphatic carbocycles. The summed E-state index contributed by atoms with van der Waals surface area (Å²) in [5, 5.41) is -0.683. The fourth-order valence-corrected chi connectivity index (χ4v) is 5.02. The van der Waals surface area contributed by atoms with E-state index in [1.165, 1.54) is 32.1 Å². The summed E-state index contributed by atoms with van der Waals surface area (Å²) in [6.07, 6.45) is 1.23. The van der Waals surface area contributed by atoms with Crippen LogP contribution in [0.2, 0.25) is 0 Å². The maximum absolute atomic E-state index is 13.6. The lowest BCUT2D eigenvalue weighted by Crippen LogP contribution is -2.21. The zero-order valence-corrected chi connectivity index (χ0v) is 12.1. The second kappa shape index (κ2) is 4.42. The van der Waals surface area contributed by atoms with Gasteiger partial charge in [0.15, 0.2) is 9.84 Å². The number of hydrogen-bond donors (Lipinski definition) is 0. The average Bonchev–Trinajstić information content (AvgIpc) is 2.51. The van der Waals surface area contributed by atoms with E-state index in [1.54, 1.807) is 0 Å². The summed E-state index contributed by atoms with van der Waals surface area (Å²) in [7, 11) is -7.59. The van der Waals surface area contributed by atoms with E-state index >= 15 is 0 Å². The standard InChI is InChI=1S/C12H13FO4S2/c1-8(2)18(14,15)7-10-6-9-4-3-5-11(13)12(9)19(10,16)17/h3-6,8H,7H2,1-2H3. The van der Waals surface area contributed by atoms with Crippen molar-refractivity contribution in [3.63, 3.8) is 0 Å². The van der Waals surface area contributed by atoms with Crippen molar-refractivity contribution in [2.45, 2.75) is 24.0 Å². The zero-order valence-electron chi connectivity index (χ0n) is 10.4. The fourth-order valence-electron chi connectivity index (χ4n) is 1.79. The van der Waals surface area contributed by atoms with Crippen LogP contribution in [0, 0.1) is 5.82 Å². The van der Waals surface area contributed by atoms with Gasteiger partial charge in [0.2, 0.25) is 9.84 Å². The van der Waals surface area contributed by atoms with E-state index in [4.69, 9.17) is 0 Å². The lowest BCUT2D eigenvalue weighted by Gasteiger charge is -2.08. The van der Waals surface area contributed by atoms with Gasteiger partial charge in [-0.25, -0.2) is 21.2 Å². The quantitative estimate of drug-likeness (QED) is 0.853. The molecule has 1 heterocycles. The molecule has 0 saturated heterocycles. The van der Waals surface area contributed by atoms with Gasteiger partial charge in [0.25, 0.3) is 0 Å². The molecule has 7 heteroatoms. The molecule has 0 fully saturated rings. The second-order valence-electron chi connectivity index (χ2n) is 4.63. The molecule has 1 aromatic rings. The molecule has 4 nitrogen and oxygen atoms in total. The number of benzene rings is 1.